The van der Waals surface area contributed by atoms with Gasteiger partial charge in [0.25, 0.3) is 0 Å². The molecule has 1 aliphatic heterocycles. The third-order valence-electron chi connectivity index (χ3n) is 3.32. The number of nitrogens with zero attached hydrogens (tertiary/aromatic N) is 3. The topological polar surface area (TPSA) is 55.0 Å². The van der Waals surface area contributed by atoms with Gasteiger partial charge in [-0.15, -0.1) is 0 Å². The summed E-state index contributed by atoms with van der Waals surface area (Å²) in [6.07, 6.45) is 0.943. The minimum atomic E-state index is 0.616. The fourth-order valence-electron chi connectivity index (χ4n) is 2.29. The first kappa shape index (κ1) is 11.2. The van der Waals surface area contributed by atoms with E-state index >= 15 is 0 Å². The zero-order valence-electron chi connectivity index (χ0n) is 10.4. The summed E-state index contributed by atoms with van der Waals surface area (Å²) in [6, 6.07) is 9.98. The maximum atomic E-state index is 6.06. The van der Waals surface area contributed by atoms with E-state index in [1.165, 1.54) is 0 Å². The number of rotatable bonds is 1. The van der Waals surface area contributed by atoms with Crippen LogP contribution in [0.2, 0.25) is 0 Å². The first-order chi connectivity index (χ1) is 8.74. The molecule has 4 heteroatoms. The lowest BCUT2D eigenvalue weighted by Crippen LogP contribution is -2.28. The number of nitrogen functional groups attached to an aromatic ring is 1. The van der Waals surface area contributed by atoms with Gasteiger partial charge in [0, 0.05) is 30.6 Å². The predicted octanol–water partition coefficient (Wildman–Crippen LogP) is 1.71. The molecule has 2 N–H and O–H groups in total. The molecule has 0 unspecified atom stereocenters. The van der Waals surface area contributed by atoms with Gasteiger partial charge < -0.3 is 10.6 Å². The van der Waals surface area contributed by atoms with Crippen molar-refractivity contribution in [1.82, 2.24) is 14.9 Å². The van der Waals surface area contributed by atoms with E-state index in [1.807, 2.05) is 30.3 Å². The number of hydrogen-bond donors (Lipinski definition) is 1. The number of benzene rings is 1. The zero-order valence-corrected chi connectivity index (χ0v) is 10.4. The van der Waals surface area contributed by atoms with Gasteiger partial charge in [0.1, 0.15) is 5.82 Å². The molecule has 2 heterocycles. The van der Waals surface area contributed by atoms with Gasteiger partial charge >= 0.3 is 0 Å². The Balaban J connectivity index is 2.07. The molecule has 0 radical (unpaired) electrons. The normalized spacial score (nSPS) is 15.4. The summed E-state index contributed by atoms with van der Waals surface area (Å²) in [7, 11) is 2.09. The molecular formula is C14H16N4. The second kappa shape index (κ2) is 4.38. The standard InChI is InChI=1S/C14H16N4/c1-18-8-7-12-11(9-18)13(15)17-14(16-12)10-5-3-2-4-6-10/h2-6H,7-9H2,1H3,(H2,15,16,17). The van der Waals surface area contributed by atoms with Crippen LogP contribution in [-0.4, -0.2) is 28.5 Å². The summed E-state index contributed by atoms with van der Waals surface area (Å²) in [5, 5.41) is 0. The first-order valence-corrected chi connectivity index (χ1v) is 6.13. The van der Waals surface area contributed by atoms with Crippen LogP contribution in [0.4, 0.5) is 5.82 Å². The van der Waals surface area contributed by atoms with Crippen molar-refractivity contribution in [1.29, 1.82) is 0 Å². The van der Waals surface area contributed by atoms with Crippen molar-refractivity contribution in [2.75, 3.05) is 19.3 Å². The van der Waals surface area contributed by atoms with Crippen molar-refractivity contribution in [2.24, 2.45) is 0 Å². The lowest BCUT2D eigenvalue weighted by molar-refractivity contribution is 0.310. The molecule has 3 rings (SSSR count). The van der Waals surface area contributed by atoms with Crippen LogP contribution in [0.25, 0.3) is 11.4 Å². The summed E-state index contributed by atoms with van der Waals surface area (Å²) in [5.41, 5.74) is 9.27. The van der Waals surface area contributed by atoms with Gasteiger partial charge in [-0.2, -0.15) is 0 Å². The minimum Gasteiger partial charge on any atom is -0.383 e. The smallest absolute Gasteiger partial charge is 0.161 e. The third kappa shape index (κ3) is 1.95. The maximum absolute atomic E-state index is 6.06. The van der Waals surface area contributed by atoms with Gasteiger partial charge in [-0.1, -0.05) is 30.3 Å². The number of anilines is 1. The van der Waals surface area contributed by atoms with Crippen LogP contribution in [0, 0.1) is 0 Å². The van der Waals surface area contributed by atoms with Crippen LogP contribution in [0.15, 0.2) is 30.3 Å². The molecule has 92 valence electrons. The van der Waals surface area contributed by atoms with Gasteiger partial charge in [0.15, 0.2) is 5.82 Å². The second-order valence-corrected chi connectivity index (χ2v) is 4.71. The molecular weight excluding hydrogens is 224 g/mol. The lowest BCUT2D eigenvalue weighted by Gasteiger charge is -2.25. The molecule has 0 saturated carbocycles. The molecule has 0 fully saturated rings. The number of fused-ring (bicyclic) bond motifs is 1. The highest BCUT2D eigenvalue weighted by molar-refractivity contribution is 5.59. The van der Waals surface area contributed by atoms with E-state index in [4.69, 9.17) is 5.73 Å². The van der Waals surface area contributed by atoms with Crippen LogP contribution >= 0.6 is 0 Å². The van der Waals surface area contributed by atoms with Crippen molar-refractivity contribution in [3.8, 4) is 11.4 Å². The summed E-state index contributed by atoms with van der Waals surface area (Å²) < 4.78 is 0. The highest BCUT2D eigenvalue weighted by Gasteiger charge is 2.19. The van der Waals surface area contributed by atoms with Crippen LogP contribution in [0.1, 0.15) is 11.3 Å². The van der Waals surface area contributed by atoms with E-state index in [0.29, 0.717) is 5.82 Å². The highest BCUT2D eigenvalue weighted by Crippen LogP contribution is 2.24. The van der Waals surface area contributed by atoms with E-state index in [0.717, 1.165) is 42.2 Å². The monoisotopic (exact) mass is 240 g/mol. The Kier molecular flexibility index (Phi) is 2.72. The SMILES string of the molecule is CN1CCc2nc(-c3ccccc3)nc(N)c2C1. The van der Waals surface area contributed by atoms with Gasteiger partial charge in [0.2, 0.25) is 0 Å². The molecule has 0 aliphatic carbocycles. The van der Waals surface area contributed by atoms with Crippen LogP contribution in [0.3, 0.4) is 0 Å². The second-order valence-electron chi connectivity index (χ2n) is 4.71. The van der Waals surface area contributed by atoms with Gasteiger partial charge in [-0.25, -0.2) is 9.97 Å². The van der Waals surface area contributed by atoms with Crippen molar-refractivity contribution >= 4 is 5.82 Å². The molecule has 0 atom stereocenters. The Morgan fingerprint density at radius 3 is 2.72 bits per heavy atom. The largest absolute Gasteiger partial charge is 0.383 e. The predicted molar refractivity (Wildman–Crippen MR) is 71.9 cm³/mol. The third-order valence-corrected chi connectivity index (χ3v) is 3.32. The van der Waals surface area contributed by atoms with Crippen molar-refractivity contribution < 1.29 is 0 Å². The fraction of sp³-hybridized carbons (Fsp3) is 0.286. The van der Waals surface area contributed by atoms with Crippen molar-refractivity contribution in [3.63, 3.8) is 0 Å². The summed E-state index contributed by atoms with van der Waals surface area (Å²) in [6.45, 7) is 1.87. The van der Waals surface area contributed by atoms with E-state index in [2.05, 4.69) is 21.9 Å². The van der Waals surface area contributed by atoms with Crippen LogP contribution in [-0.2, 0) is 13.0 Å². The number of hydrogen-bond acceptors (Lipinski definition) is 4. The Morgan fingerprint density at radius 1 is 1.17 bits per heavy atom. The Bertz CT molecular complexity index is 566. The van der Waals surface area contributed by atoms with Crippen molar-refractivity contribution in [3.05, 3.63) is 41.6 Å². The summed E-state index contributed by atoms with van der Waals surface area (Å²) in [4.78, 5) is 11.3. The lowest BCUT2D eigenvalue weighted by atomic mass is 10.1. The van der Waals surface area contributed by atoms with Crippen molar-refractivity contribution in [2.45, 2.75) is 13.0 Å². The molecule has 2 aromatic rings. The summed E-state index contributed by atoms with van der Waals surface area (Å²) >= 11 is 0. The quantitative estimate of drug-likeness (QED) is 0.824. The molecule has 0 spiro atoms. The van der Waals surface area contributed by atoms with E-state index in [9.17, 15) is 0 Å². The van der Waals surface area contributed by atoms with E-state index < -0.39 is 0 Å². The molecule has 1 aromatic carbocycles. The molecule has 0 bridgehead atoms. The van der Waals surface area contributed by atoms with E-state index in [-0.39, 0.29) is 0 Å². The Hall–Kier alpha value is -1.94. The molecule has 1 aromatic heterocycles. The molecule has 0 amide bonds. The Labute approximate surface area is 106 Å². The maximum Gasteiger partial charge on any atom is 0.161 e. The fourth-order valence-corrected chi connectivity index (χ4v) is 2.29. The van der Waals surface area contributed by atoms with Gasteiger partial charge in [-0.3, -0.25) is 0 Å². The molecule has 4 nitrogen and oxygen atoms in total. The first-order valence-electron chi connectivity index (χ1n) is 6.13. The average Bonchev–Trinajstić information content (AvgIpc) is 2.40. The molecule has 0 saturated heterocycles. The number of aromatic nitrogens is 2. The minimum absolute atomic E-state index is 0.616. The molecule has 18 heavy (non-hydrogen) atoms. The van der Waals surface area contributed by atoms with Crippen LogP contribution < -0.4 is 5.73 Å². The van der Waals surface area contributed by atoms with Crippen LogP contribution in [0.5, 0.6) is 0 Å². The highest BCUT2D eigenvalue weighted by atomic mass is 15.1. The molecule has 1 aliphatic rings. The average molecular weight is 240 g/mol. The Morgan fingerprint density at radius 2 is 1.94 bits per heavy atom. The van der Waals surface area contributed by atoms with E-state index in [1.54, 1.807) is 0 Å². The summed E-state index contributed by atoms with van der Waals surface area (Å²) in [5.74, 6) is 1.35. The zero-order chi connectivity index (χ0) is 12.5. The van der Waals surface area contributed by atoms with Gasteiger partial charge in [0.05, 0.1) is 5.69 Å². The number of nitrogens with two attached hydrogens (primary N) is 1. The number of likely N-dealkylation sites (N-methyl/N-ethyl adjacent to an activating group) is 1. The van der Waals surface area contributed by atoms with Gasteiger partial charge in [-0.05, 0) is 7.05 Å².